The summed E-state index contributed by atoms with van der Waals surface area (Å²) in [6.45, 7) is 2.97. The van der Waals surface area contributed by atoms with Gasteiger partial charge in [0, 0.05) is 24.8 Å². The number of nitrogens with two attached hydrogens (primary N) is 1. The van der Waals surface area contributed by atoms with Crippen LogP contribution in [0, 0.1) is 11.3 Å². The molecule has 0 radical (unpaired) electrons. The number of aromatic nitrogens is 1. The highest BCUT2D eigenvalue weighted by Crippen LogP contribution is 2.26. The quantitative estimate of drug-likeness (QED) is 0.839. The van der Waals surface area contributed by atoms with E-state index >= 15 is 0 Å². The molecule has 2 atom stereocenters. The van der Waals surface area contributed by atoms with E-state index in [-0.39, 0.29) is 6.04 Å². The molecule has 1 aromatic rings. The smallest absolute Gasteiger partial charge is 0.146 e. The maximum atomic E-state index is 9.13. The molecule has 17 heavy (non-hydrogen) atoms. The van der Waals surface area contributed by atoms with Crippen molar-refractivity contribution in [2.45, 2.75) is 38.3 Å². The zero-order chi connectivity index (χ0) is 12.3. The van der Waals surface area contributed by atoms with Crippen LogP contribution in [0.1, 0.15) is 31.7 Å². The van der Waals surface area contributed by atoms with Gasteiger partial charge in [0.25, 0.3) is 0 Å². The minimum absolute atomic E-state index is 0.101. The summed E-state index contributed by atoms with van der Waals surface area (Å²) in [4.78, 5) is 6.55. The number of anilines is 1. The molecular weight excluding hydrogens is 212 g/mol. The Bertz CT molecular complexity index is 422. The number of nitriles is 1. The second-order valence-electron chi connectivity index (χ2n) is 4.60. The molecule has 0 amide bonds. The summed E-state index contributed by atoms with van der Waals surface area (Å²) in [6, 6.07) is 6.22. The Morgan fingerprint density at radius 1 is 1.59 bits per heavy atom. The van der Waals surface area contributed by atoms with E-state index in [0.29, 0.717) is 11.6 Å². The average molecular weight is 230 g/mol. The van der Waals surface area contributed by atoms with Gasteiger partial charge in [0.1, 0.15) is 11.9 Å². The second-order valence-corrected chi connectivity index (χ2v) is 4.60. The van der Waals surface area contributed by atoms with Gasteiger partial charge in [0.15, 0.2) is 0 Å². The molecule has 0 aromatic carbocycles. The van der Waals surface area contributed by atoms with Crippen molar-refractivity contribution in [2.24, 2.45) is 5.73 Å². The highest BCUT2D eigenvalue weighted by Gasteiger charge is 2.27. The summed E-state index contributed by atoms with van der Waals surface area (Å²) in [5, 5.41) is 9.13. The number of hydrogen-bond acceptors (Lipinski definition) is 4. The maximum Gasteiger partial charge on any atom is 0.146 e. The fraction of sp³-hybridized carbons (Fsp3) is 0.538. The van der Waals surface area contributed by atoms with Crippen molar-refractivity contribution in [3.05, 3.63) is 23.9 Å². The van der Waals surface area contributed by atoms with Crippen molar-refractivity contribution in [3.8, 4) is 6.07 Å². The van der Waals surface area contributed by atoms with Gasteiger partial charge in [-0.2, -0.15) is 5.26 Å². The molecule has 2 rings (SSSR count). The monoisotopic (exact) mass is 230 g/mol. The summed E-state index contributed by atoms with van der Waals surface area (Å²) < 4.78 is 0. The molecule has 1 aromatic heterocycles. The lowest BCUT2D eigenvalue weighted by atomic mass is 9.96. The Labute approximate surface area is 102 Å². The van der Waals surface area contributed by atoms with Crippen LogP contribution >= 0.6 is 0 Å². The third-order valence-corrected chi connectivity index (χ3v) is 3.34. The molecule has 1 aliphatic rings. The van der Waals surface area contributed by atoms with E-state index in [1.165, 1.54) is 6.42 Å². The lowest BCUT2D eigenvalue weighted by Crippen LogP contribution is -2.49. The molecule has 90 valence electrons. The normalized spacial score (nSPS) is 21.9. The first-order valence-corrected chi connectivity index (χ1v) is 6.11. The molecule has 1 aliphatic heterocycles. The lowest BCUT2D eigenvalue weighted by molar-refractivity contribution is 0.411. The first kappa shape index (κ1) is 11.9. The van der Waals surface area contributed by atoms with E-state index < -0.39 is 0 Å². The molecule has 1 saturated heterocycles. The largest absolute Gasteiger partial charge is 0.351 e. The van der Waals surface area contributed by atoms with E-state index in [2.05, 4.69) is 16.0 Å². The van der Waals surface area contributed by atoms with Crippen LogP contribution in [-0.4, -0.2) is 23.6 Å². The van der Waals surface area contributed by atoms with E-state index in [1.807, 2.05) is 13.0 Å². The molecule has 0 spiro atoms. The van der Waals surface area contributed by atoms with E-state index in [9.17, 15) is 0 Å². The van der Waals surface area contributed by atoms with Crippen molar-refractivity contribution < 1.29 is 0 Å². The van der Waals surface area contributed by atoms with E-state index in [0.717, 1.165) is 25.2 Å². The van der Waals surface area contributed by atoms with Crippen LogP contribution < -0.4 is 10.6 Å². The Hall–Kier alpha value is -1.60. The number of pyridine rings is 1. The van der Waals surface area contributed by atoms with Crippen molar-refractivity contribution in [1.29, 1.82) is 5.26 Å². The Balaban J connectivity index is 2.33. The molecule has 4 heteroatoms. The van der Waals surface area contributed by atoms with E-state index in [4.69, 9.17) is 11.0 Å². The molecule has 1 fully saturated rings. The third-order valence-electron chi connectivity index (χ3n) is 3.34. The molecule has 2 N–H and O–H groups in total. The van der Waals surface area contributed by atoms with Gasteiger partial charge in [0.2, 0.25) is 0 Å². The van der Waals surface area contributed by atoms with Crippen LogP contribution in [0.25, 0.3) is 0 Å². The van der Waals surface area contributed by atoms with E-state index in [1.54, 1.807) is 12.3 Å². The molecule has 4 nitrogen and oxygen atoms in total. The topological polar surface area (TPSA) is 65.9 Å². The molecule has 0 aliphatic carbocycles. The molecule has 0 saturated carbocycles. The number of nitrogens with zero attached hydrogens (tertiary/aromatic N) is 3. The van der Waals surface area contributed by atoms with Crippen LogP contribution in [-0.2, 0) is 0 Å². The fourth-order valence-electron chi connectivity index (χ4n) is 2.48. The Morgan fingerprint density at radius 3 is 3.12 bits per heavy atom. The van der Waals surface area contributed by atoms with Crippen molar-refractivity contribution in [2.75, 3.05) is 11.4 Å². The van der Waals surface area contributed by atoms with Crippen molar-refractivity contribution >= 4 is 5.82 Å². The second kappa shape index (κ2) is 5.15. The summed E-state index contributed by atoms with van der Waals surface area (Å²) in [5.74, 6) is 0.789. The predicted molar refractivity (Wildman–Crippen MR) is 67.6 cm³/mol. The minimum atomic E-state index is 0.101. The summed E-state index contributed by atoms with van der Waals surface area (Å²) in [7, 11) is 0. The van der Waals surface area contributed by atoms with Gasteiger partial charge in [-0.15, -0.1) is 0 Å². The maximum absolute atomic E-state index is 9.13. The van der Waals surface area contributed by atoms with Crippen LogP contribution in [0.5, 0.6) is 0 Å². The predicted octanol–water partition coefficient (Wildman–Crippen LogP) is 1.66. The van der Waals surface area contributed by atoms with Crippen molar-refractivity contribution in [1.82, 2.24) is 4.98 Å². The van der Waals surface area contributed by atoms with Crippen LogP contribution in [0.3, 0.4) is 0 Å². The molecule has 2 unspecified atom stereocenters. The van der Waals surface area contributed by atoms with Crippen LogP contribution in [0.4, 0.5) is 5.82 Å². The molecular formula is C13H18N4. The first-order chi connectivity index (χ1) is 8.24. The first-order valence-electron chi connectivity index (χ1n) is 6.11. The highest BCUT2D eigenvalue weighted by molar-refractivity contribution is 5.54. The van der Waals surface area contributed by atoms with Gasteiger partial charge >= 0.3 is 0 Å². The summed E-state index contributed by atoms with van der Waals surface area (Å²) >= 11 is 0. The zero-order valence-electron chi connectivity index (χ0n) is 10.1. The van der Waals surface area contributed by atoms with Gasteiger partial charge in [-0.05, 0) is 38.3 Å². The lowest BCUT2D eigenvalue weighted by Gasteiger charge is -2.39. The van der Waals surface area contributed by atoms with Crippen LogP contribution in [0.2, 0.25) is 0 Å². The van der Waals surface area contributed by atoms with Gasteiger partial charge in [-0.25, -0.2) is 4.98 Å². The molecule has 0 bridgehead atoms. The van der Waals surface area contributed by atoms with Gasteiger partial charge in [0.05, 0.1) is 5.56 Å². The third kappa shape index (κ3) is 2.40. The summed E-state index contributed by atoms with van der Waals surface area (Å²) in [6.07, 6.45) is 5.17. The number of piperidine rings is 1. The summed E-state index contributed by atoms with van der Waals surface area (Å²) in [5.41, 5.74) is 6.67. The Morgan fingerprint density at radius 2 is 2.41 bits per heavy atom. The highest BCUT2D eigenvalue weighted by atomic mass is 15.2. The SMILES string of the molecule is CC(N)C1CCCCN1c1ncccc1C#N. The average Bonchev–Trinajstić information content (AvgIpc) is 2.38. The van der Waals surface area contributed by atoms with Gasteiger partial charge in [-0.3, -0.25) is 0 Å². The standard InChI is InChI=1S/C13H18N4/c1-10(15)12-6-2-3-8-17(12)13-11(9-14)5-4-7-16-13/h4-5,7,10,12H,2-3,6,8,15H2,1H3. The van der Waals surface area contributed by atoms with Crippen molar-refractivity contribution in [3.63, 3.8) is 0 Å². The number of hydrogen-bond donors (Lipinski definition) is 1. The number of rotatable bonds is 2. The van der Waals surface area contributed by atoms with Gasteiger partial charge < -0.3 is 10.6 Å². The fourth-order valence-corrected chi connectivity index (χ4v) is 2.48. The van der Waals surface area contributed by atoms with Gasteiger partial charge in [-0.1, -0.05) is 0 Å². The zero-order valence-corrected chi connectivity index (χ0v) is 10.1. The molecule has 2 heterocycles. The minimum Gasteiger partial charge on any atom is -0.351 e. The van der Waals surface area contributed by atoms with Crippen LogP contribution in [0.15, 0.2) is 18.3 Å². The Kier molecular flexibility index (Phi) is 3.60.